The van der Waals surface area contributed by atoms with Crippen LogP contribution in [0.4, 0.5) is 0 Å². The molecule has 0 saturated heterocycles. The average Bonchev–Trinajstić information content (AvgIpc) is 2.93. The van der Waals surface area contributed by atoms with E-state index in [4.69, 9.17) is 4.74 Å². The van der Waals surface area contributed by atoms with Gasteiger partial charge in [0.25, 0.3) is 0 Å². The van der Waals surface area contributed by atoms with Gasteiger partial charge in [0, 0.05) is 22.3 Å². The molecule has 0 aliphatic heterocycles. The first-order chi connectivity index (χ1) is 9.29. The molecule has 1 aromatic heterocycles. The van der Waals surface area contributed by atoms with Crippen LogP contribution in [0.5, 0.6) is 0 Å². The summed E-state index contributed by atoms with van der Waals surface area (Å²) in [6.45, 7) is 6.26. The third-order valence-electron chi connectivity index (χ3n) is 3.92. The van der Waals surface area contributed by atoms with Crippen LogP contribution >= 0.6 is 11.3 Å². The normalized spacial score (nSPS) is 18.6. The number of ether oxygens (including phenoxy) is 1. The van der Waals surface area contributed by atoms with Gasteiger partial charge >= 0.3 is 0 Å². The summed E-state index contributed by atoms with van der Waals surface area (Å²) in [6, 6.07) is 4.94. The second kappa shape index (κ2) is 8.03. The van der Waals surface area contributed by atoms with Crippen LogP contribution < -0.4 is 5.32 Å². The van der Waals surface area contributed by atoms with Crippen molar-refractivity contribution in [3.8, 4) is 0 Å². The molecular weight excluding hydrogens is 254 g/mol. The van der Waals surface area contributed by atoms with E-state index in [1.54, 1.807) is 0 Å². The lowest BCUT2D eigenvalue weighted by molar-refractivity contribution is 0.0296. The van der Waals surface area contributed by atoms with Gasteiger partial charge in [-0.15, -0.1) is 11.3 Å². The third kappa shape index (κ3) is 4.90. The highest BCUT2D eigenvalue weighted by Gasteiger charge is 2.13. The molecule has 19 heavy (non-hydrogen) atoms. The highest BCUT2D eigenvalue weighted by Crippen LogP contribution is 2.23. The molecule has 1 unspecified atom stereocenters. The Labute approximate surface area is 121 Å². The van der Waals surface area contributed by atoms with E-state index in [0.717, 1.165) is 19.6 Å². The molecule has 108 valence electrons. The van der Waals surface area contributed by atoms with Crippen molar-refractivity contribution in [2.75, 3.05) is 13.2 Å². The van der Waals surface area contributed by atoms with Gasteiger partial charge in [-0.1, -0.05) is 26.2 Å². The van der Waals surface area contributed by atoms with Crippen molar-refractivity contribution in [2.24, 2.45) is 0 Å². The highest BCUT2D eigenvalue weighted by molar-refractivity contribution is 7.12. The Kier molecular flexibility index (Phi) is 6.35. The lowest BCUT2D eigenvalue weighted by Gasteiger charge is -2.22. The van der Waals surface area contributed by atoms with Gasteiger partial charge in [0.15, 0.2) is 0 Å². The molecule has 0 bridgehead atoms. The van der Waals surface area contributed by atoms with Crippen molar-refractivity contribution in [3.63, 3.8) is 0 Å². The Bertz CT molecular complexity index is 357. The van der Waals surface area contributed by atoms with Gasteiger partial charge in [-0.05, 0) is 38.3 Å². The lowest BCUT2D eigenvalue weighted by Crippen LogP contribution is -2.26. The first-order valence-corrected chi connectivity index (χ1v) is 8.55. The first kappa shape index (κ1) is 15.0. The fourth-order valence-electron chi connectivity index (χ4n) is 2.65. The van der Waals surface area contributed by atoms with Crippen LogP contribution in [0.3, 0.4) is 0 Å². The fourth-order valence-corrected chi connectivity index (χ4v) is 3.63. The van der Waals surface area contributed by atoms with Crippen LogP contribution in [-0.4, -0.2) is 19.3 Å². The molecule has 0 amide bonds. The molecule has 2 rings (SSSR count). The smallest absolute Gasteiger partial charge is 0.0594 e. The number of nitrogens with one attached hydrogen (secondary N) is 1. The van der Waals surface area contributed by atoms with E-state index in [-0.39, 0.29) is 0 Å². The summed E-state index contributed by atoms with van der Waals surface area (Å²) >= 11 is 1.92. The predicted molar refractivity (Wildman–Crippen MR) is 82.9 cm³/mol. The highest BCUT2D eigenvalue weighted by atomic mass is 32.1. The summed E-state index contributed by atoms with van der Waals surface area (Å²) in [5.74, 6) is 0. The maximum atomic E-state index is 5.94. The molecule has 1 aromatic rings. The molecule has 3 heteroatoms. The van der Waals surface area contributed by atoms with Crippen molar-refractivity contribution >= 4 is 11.3 Å². The fraction of sp³-hybridized carbons (Fsp3) is 0.750. The second-order valence-electron chi connectivity index (χ2n) is 5.46. The molecule has 1 aliphatic rings. The van der Waals surface area contributed by atoms with Crippen LogP contribution in [0.2, 0.25) is 0 Å². The Balaban J connectivity index is 1.61. The predicted octanol–water partition coefficient (Wildman–Crippen LogP) is 4.31. The number of rotatable bonds is 7. The van der Waals surface area contributed by atoms with Crippen molar-refractivity contribution in [1.29, 1.82) is 0 Å². The van der Waals surface area contributed by atoms with E-state index >= 15 is 0 Å². The van der Waals surface area contributed by atoms with Crippen LogP contribution in [0.15, 0.2) is 12.1 Å². The molecule has 0 spiro atoms. The Morgan fingerprint density at radius 2 is 2.11 bits per heavy atom. The number of aryl methyl sites for hydroxylation is 1. The molecule has 1 saturated carbocycles. The van der Waals surface area contributed by atoms with E-state index in [2.05, 4.69) is 31.3 Å². The van der Waals surface area contributed by atoms with Crippen LogP contribution in [-0.2, 0) is 11.2 Å². The van der Waals surface area contributed by atoms with E-state index < -0.39 is 0 Å². The largest absolute Gasteiger partial charge is 0.377 e. The van der Waals surface area contributed by atoms with Crippen LogP contribution in [0.1, 0.15) is 61.7 Å². The lowest BCUT2D eigenvalue weighted by atomic mass is 9.98. The quantitative estimate of drug-likeness (QED) is 0.752. The van der Waals surface area contributed by atoms with Crippen molar-refractivity contribution in [1.82, 2.24) is 5.32 Å². The van der Waals surface area contributed by atoms with Gasteiger partial charge in [-0.3, -0.25) is 0 Å². The number of hydrogen-bond acceptors (Lipinski definition) is 3. The van der Waals surface area contributed by atoms with E-state index in [9.17, 15) is 0 Å². The third-order valence-corrected chi connectivity index (χ3v) is 5.33. The van der Waals surface area contributed by atoms with Crippen LogP contribution in [0, 0.1) is 0 Å². The zero-order valence-corrected chi connectivity index (χ0v) is 13.1. The van der Waals surface area contributed by atoms with Crippen molar-refractivity contribution in [3.05, 3.63) is 21.9 Å². The minimum Gasteiger partial charge on any atom is -0.377 e. The maximum Gasteiger partial charge on any atom is 0.0594 e. The summed E-state index contributed by atoms with van der Waals surface area (Å²) in [4.78, 5) is 2.91. The molecule has 1 N–H and O–H groups in total. The molecule has 0 radical (unpaired) electrons. The molecule has 1 heterocycles. The molecule has 1 fully saturated rings. The summed E-state index contributed by atoms with van der Waals surface area (Å²) in [5, 5.41) is 3.56. The second-order valence-corrected chi connectivity index (χ2v) is 6.66. The van der Waals surface area contributed by atoms with Gasteiger partial charge < -0.3 is 10.1 Å². The Morgan fingerprint density at radius 1 is 1.32 bits per heavy atom. The van der Waals surface area contributed by atoms with E-state index in [1.807, 2.05) is 11.3 Å². The standard InChI is InChI=1S/C16H27NOS/c1-3-15-9-10-16(19-15)13(2)17-11-12-18-14-7-5-4-6-8-14/h9-10,13-14,17H,3-8,11-12H2,1-2H3. The summed E-state index contributed by atoms with van der Waals surface area (Å²) < 4.78 is 5.94. The number of thiophene rings is 1. The van der Waals surface area contributed by atoms with Gasteiger partial charge in [-0.25, -0.2) is 0 Å². The minimum atomic E-state index is 0.445. The topological polar surface area (TPSA) is 21.3 Å². The van der Waals surface area contributed by atoms with Gasteiger partial charge in [-0.2, -0.15) is 0 Å². The summed E-state index contributed by atoms with van der Waals surface area (Å²) in [6.07, 6.45) is 8.29. The van der Waals surface area contributed by atoms with Crippen molar-refractivity contribution < 1.29 is 4.74 Å². The van der Waals surface area contributed by atoms with Crippen LogP contribution in [0.25, 0.3) is 0 Å². The molecule has 0 aromatic carbocycles. The maximum absolute atomic E-state index is 5.94. The molecule has 1 aliphatic carbocycles. The SMILES string of the molecule is CCc1ccc(C(C)NCCOC2CCCCC2)s1. The molecule has 2 nitrogen and oxygen atoms in total. The summed E-state index contributed by atoms with van der Waals surface area (Å²) in [7, 11) is 0. The average molecular weight is 281 g/mol. The van der Waals surface area contributed by atoms with E-state index in [0.29, 0.717) is 12.1 Å². The van der Waals surface area contributed by atoms with Gasteiger partial charge in [0.05, 0.1) is 12.7 Å². The Morgan fingerprint density at radius 3 is 2.79 bits per heavy atom. The first-order valence-electron chi connectivity index (χ1n) is 7.73. The summed E-state index contributed by atoms with van der Waals surface area (Å²) in [5.41, 5.74) is 0. The molecule has 1 atom stereocenters. The zero-order valence-electron chi connectivity index (χ0n) is 12.3. The molecular formula is C16H27NOS. The van der Waals surface area contributed by atoms with Gasteiger partial charge in [0.2, 0.25) is 0 Å². The Hall–Kier alpha value is -0.380. The van der Waals surface area contributed by atoms with Crippen molar-refractivity contribution in [2.45, 2.75) is 64.5 Å². The zero-order chi connectivity index (χ0) is 13.5. The van der Waals surface area contributed by atoms with E-state index in [1.165, 1.54) is 41.9 Å². The van der Waals surface area contributed by atoms with Gasteiger partial charge in [0.1, 0.15) is 0 Å². The minimum absolute atomic E-state index is 0.445. The number of hydrogen-bond donors (Lipinski definition) is 1. The monoisotopic (exact) mass is 281 g/mol.